The molecule has 622 valence electrons. The molecule has 0 bridgehead atoms. The average Bonchev–Trinajstić information content (AvgIpc) is 0.947. The monoisotopic (exact) mass is 1560 g/mol. The molecule has 0 amide bonds. The summed E-state index contributed by atoms with van der Waals surface area (Å²) in [5.41, 5.74) is 0. The van der Waals surface area contributed by atoms with Gasteiger partial charge in [0.1, 0.15) is 25.4 Å². The normalized spacial score (nSPS) is 14.7. The zero-order valence-corrected chi connectivity index (χ0v) is 70.0. The van der Waals surface area contributed by atoms with E-state index in [1.165, 1.54) is 109 Å². The van der Waals surface area contributed by atoms with Crippen LogP contribution in [0.3, 0.4) is 0 Å². The van der Waals surface area contributed by atoms with Crippen molar-refractivity contribution >= 4 is 33.6 Å². The number of carbonyl (C=O) groups is 3. The number of hydrogen-bond acceptors (Lipinski definition) is 14. The van der Waals surface area contributed by atoms with Gasteiger partial charge >= 0.3 is 33.6 Å². The number of unbranched alkanes of at least 4 members (excludes halogenated alkanes) is 28. The van der Waals surface area contributed by atoms with Crippen LogP contribution in [0.15, 0.2) is 170 Å². The van der Waals surface area contributed by atoms with Gasteiger partial charge in [-0.05, 0) is 154 Å². The SMILES string of the molecule is CC/C=C\C/C=C\C/C=C\C/C=C\C/C=C\CCCCCCCCCCCCCC(=O)OCC(O)COP(=O)(O)OCC(O)COP(=O)(O)OCC(COC(=O)CCCCCCCCCCCCC/C=C\C/C=C\C/C=C\C/C=C\CCCCC)OC(=O)CCCCC/C=C\C/C=C\C/C=C\C/C=C\C/C=C\CC. The molecule has 18 heteroatoms. The largest absolute Gasteiger partial charge is 0.472 e. The van der Waals surface area contributed by atoms with Crippen LogP contribution in [0.2, 0.25) is 0 Å². The lowest BCUT2D eigenvalue weighted by molar-refractivity contribution is -0.161. The van der Waals surface area contributed by atoms with Gasteiger partial charge in [-0.3, -0.25) is 32.5 Å². The molecule has 0 aliphatic carbocycles. The number of phosphoric acid groups is 2. The summed E-state index contributed by atoms with van der Waals surface area (Å²) < 4.78 is 61.3. The molecule has 5 unspecified atom stereocenters. The maximum Gasteiger partial charge on any atom is 0.472 e. The molecule has 5 atom stereocenters. The van der Waals surface area contributed by atoms with Gasteiger partial charge in [-0.25, -0.2) is 9.13 Å². The van der Waals surface area contributed by atoms with Gasteiger partial charge in [0.25, 0.3) is 0 Å². The Bertz CT molecular complexity index is 2660. The lowest BCUT2D eigenvalue weighted by atomic mass is 10.0. The van der Waals surface area contributed by atoms with Crippen LogP contribution in [-0.2, 0) is 55.8 Å². The third kappa shape index (κ3) is 83.7. The highest BCUT2D eigenvalue weighted by Gasteiger charge is 2.29. The number of esters is 3. The molecule has 0 spiro atoms. The average molecular weight is 1560 g/mol. The summed E-state index contributed by atoms with van der Waals surface area (Å²) in [7, 11) is -9.82. The lowest BCUT2D eigenvalue weighted by Crippen LogP contribution is -2.30. The highest BCUT2D eigenvalue weighted by Crippen LogP contribution is 2.45. The molecule has 0 radical (unpaired) electrons. The van der Waals surface area contributed by atoms with E-state index in [9.17, 15) is 43.5 Å². The van der Waals surface area contributed by atoms with Gasteiger partial charge in [0, 0.05) is 19.3 Å². The highest BCUT2D eigenvalue weighted by atomic mass is 31.2. The third-order valence-corrected chi connectivity index (χ3v) is 19.3. The highest BCUT2D eigenvalue weighted by molar-refractivity contribution is 7.47. The Labute approximate surface area is 662 Å². The topological polar surface area (TPSA) is 231 Å². The number of carbonyl (C=O) groups excluding carboxylic acids is 3. The minimum absolute atomic E-state index is 0.0597. The fraction of sp³-hybridized carbons (Fsp3) is 0.659. The second-order valence-corrected chi connectivity index (χ2v) is 30.8. The quantitative estimate of drug-likeness (QED) is 0.0146. The van der Waals surface area contributed by atoms with Crippen LogP contribution in [0, 0.1) is 0 Å². The zero-order chi connectivity index (χ0) is 79.4. The Kier molecular flexibility index (Phi) is 78.5. The van der Waals surface area contributed by atoms with Gasteiger partial charge in [-0.1, -0.05) is 326 Å². The van der Waals surface area contributed by atoms with Crippen molar-refractivity contribution < 1.29 is 75.8 Å². The molecule has 0 aliphatic rings. The molecular weight excluding hydrogens is 1410 g/mol. The summed E-state index contributed by atoms with van der Waals surface area (Å²) >= 11 is 0. The van der Waals surface area contributed by atoms with Crippen molar-refractivity contribution in [3.63, 3.8) is 0 Å². The molecule has 0 aromatic carbocycles. The summed E-state index contributed by atoms with van der Waals surface area (Å²) in [6.45, 7) is 2.39. The molecule has 0 fully saturated rings. The van der Waals surface area contributed by atoms with Gasteiger partial charge in [-0.15, -0.1) is 0 Å². The van der Waals surface area contributed by atoms with Crippen molar-refractivity contribution in [1.82, 2.24) is 0 Å². The first-order valence-electron chi connectivity index (χ1n) is 42.4. The van der Waals surface area contributed by atoms with E-state index in [0.717, 1.165) is 161 Å². The Balaban J connectivity index is 4.66. The summed E-state index contributed by atoms with van der Waals surface area (Å²) in [6.07, 6.45) is 105. The van der Waals surface area contributed by atoms with E-state index in [1.54, 1.807) is 0 Å². The van der Waals surface area contributed by atoms with Crippen LogP contribution >= 0.6 is 15.6 Å². The predicted octanol–water partition coefficient (Wildman–Crippen LogP) is 25.5. The van der Waals surface area contributed by atoms with Crippen molar-refractivity contribution in [2.75, 3.05) is 39.6 Å². The van der Waals surface area contributed by atoms with Crippen LogP contribution in [-0.4, -0.2) is 95.9 Å². The molecular formula is C91H152O16P2. The van der Waals surface area contributed by atoms with Crippen molar-refractivity contribution in [3.05, 3.63) is 170 Å². The van der Waals surface area contributed by atoms with Crippen molar-refractivity contribution in [1.29, 1.82) is 0 Å². The smallest absolute Gasteiger partial charge is 0.463 e. The molecule has 4 N–H and O–H groups in total. The van der Waals surface area contributed by atoms with Crippen molar-refractivity contribution in [2.45, 2.75) is 347 Å². The van der Waals surface area contributed by atoms with E-state index in [4.69, 9.17) is 32.3 Å². The number of allylic oxidation sites excluding steroid dienone is 28. The Morgan fingerprint density at radius 3 is 0.780 bits per heavy atom. The predicted molar refractivity (Wildman–Crippen MR) is 454 cm³/mol. The number of ether oxygens (including phenoxy) is 3. The maximum atomic E-state index is 13.0. The van der Waals surface area contributed by atoms with Gasteiger partial charge in [0.2, 0.25) is 0 Å². The molecule has 0 aliphatic heterocycles. The van der Waals surface area contributed by atoms with E-state index in [2.05, 4.69) is 191 Å². The summed E-state index contributed by atoms with van der Waals surface area (Å²) in [5, 5.41) is 20.7. The van der Waals surface area contributed by atoms with E-state index < -0.39 is 91.5 Å². The van der Waals surface area contributed by atoms with Gasteiger partial charge in [-0.2, -0.15) is 0 Å². The standard InChI is InChI=1S/C91H152O16P2/c1-4-7-10-13-16-19-22-25-28-31-34-36-38-40-42-44-46-48-51-53-56-59-62-65-68-71-74-77-89(94)101-80-86(92)81-103-108(97,98)104-82-87(93)83-105-109(99,100)106-85-88(107-91(96)79-76-73-70-67-64-61-58-55-50-33-30-27-24-21-18-15-12-9-6-3)84-102-90(95)78-75-72-69-66-63-60-57-54-52-49-47-45-43-41-39-37-35-32-29-26-23-20-17-14-11-8-5-2/h7,9-10,12,16-21,25-30,34-37,40-43,50,55,61,64,86-88,92-93H,4-6,8,11,13-15,22-24,31-33,38-39,44-49,51-54,56-60,62-63,65-85H2,1-3H3,(H,97,98)(H,99,100)/b10-7-,12-9-,19-16-,20-17-,21-18-,28-25-,29-26-,30-27-,36-34-,37-35-,42-40-,43-41-,55-50-,64-61-. The van der Waals surface area contributed by atoms with E-state index >= 15 is 0 Å². The maximum absolute atomic E-state index is 13.0. The Morgan fingerprint density at radius 1 is 0.266 bits per heavy atom. The first-order valence-corrected chi connectivity index (χ1v) is 45.4. The third-order valence-electron chi connectivity index (χ3n) is 17.4. The molecule has 0 aromatic rings. The van der Waals surface area contributed by atoms with Crippen LogP contribution in [0.5, 0.6) is 0 Å². The van der Waals surface area contributed by atoms with Crippen LogP contribution < -0.4 is 0 Å². The van der Waals surface area contributed by atoms with Crippen LogP contribution in [0.4, 0.5) is 0 Å². The number of rotatable bonds is 79. The first-order chi connectivity index (χ1) is 53.2. The van der Waals surface area contributed by atoms with Gasteiger partial charge in [0.05, 0.1) is 26.4 Å². The van der Waals surface area contributed by atoms with E-state index in [1.807, 2.05) is 0 Å². The second-order valence-electron chi connectivity index (χ2n) is 27.9. The molecule has 0 saturated heterocycles. The lowest BCUT2D eigenvalue weighted by Gasteiger charge is -2.21. The molecule has 16 nitrogen and oxygen atoms in total. The van der Waals surface area contributed by atoms with Crippen molar-refractivity contribution in [2.24, 2.45) is 0 Å². The Morgan fingerprint density at radius 2 is 0.486 bits per heavy atom. The van der Waals surface area contributed by atoms with Crippen LogP contribution in [0.1, 0.15) is 329 Å². The van der Waals surface area contributed by atoms with Gasteiger partial charge < -0.3 is 34.2 Å². The van der Waals surface area contributed by atoms with E-state index in [-0.39, 0.29) is 19.3 Å². The first kappa shape index (κ1) is 104. The minimum Gasteiger partial charge on any atom is -0.463 e. The van der Waals surface area contributed by atoms with E-state index in [0.29, 0.717) is 19.3 Å². The number of phosphoric ester groups is 2. The zero-order valence-electron chi connectivity index (χ0n) is 68.2. The molecule has 0 heterocycles. The molecule has 0 rings (SSSR count). The summed E-state index contributed by atoms with van der Waals surface area (Å²) in [4.78, 5) is 58.8. The number of hydrogen-bond donors (Lipinski definition) is 4. The van der Waals surface area contributed by atoms with Gasteiger partial charge in [0.15, 0.2) is 6.10 Å². The summed E-state index contributed by atoms with van der Waals surface area (Å²) in [6, 6.07) is 0. The molecule has 0 saturated carbocycles. The molecule has 109 heavy (non-hydrogen) atoms. The molecule has 0 aromatic heterocycles. The summed E-state index contributed by atoms with van der Waals surface area (Å²) in [5.74, 6) is -1.62. The van der Waals surface area contributed by atoms with Crippen molar-refractivity contribution in [3.8, 4) is 0 Å². The number of aliphatic hydroxyl groups is 2. The second kappa shape index (κ2) is 82.4. The number of aliphatic hydroxyl groups excluding tert-OH is 2. The minimum atomic E-state index is -4.95. The fourth-order valence-corrected chi connectivity index (χ4v) is 12.6. The van der Waals surface area contributed by atoms with Crippen LogP contribution in [0.25, 0.3) is 0 Å². The fourth-order valence-electron chi connectivity index (χ4n) is 11.0. The Hall–Kier alpha value is -5.09.